The van der Waals surface area contributed by atoms with Gasteiger partial charge in [-0.05, 0) is 32.1 Å². The molecule has 1 fully saturated rings. The third-order valence-corrected chi connectivity index (χ3v) is 6.15. The molecular formula is C21H21ClNO7P. The van der Waals surface area contributed by atoms with E-state index in [1.807, 2.05) is 11.9 Å². The average molecular weight is 466 g/mol. The van der Waals surface area contributed by atoms with E-state index in [9.17, 15) is 24.8 Å². The molecule has 1 unspecified atom stereocenters. The molecule has 1 aliphatic rings. The van der Waals surface area contributed by atoms with Crippen LogP contribution in [-0.4, -0.2) is 51.1 Å². The zero-order chi connectivity index (χ0) is 22.3. The lowest BCUT2D eigenvalue weighted by atomic mass is 9.85. The van der Waals surface area contributed by atoms with Gasteiger partial charge in [0.15, 0.2) is 5.43 Å². The first-order chi connectivity index (χ1) is 14.8. The van der Waals surface area contributed by atoms with Crippen LogP contribution in [0, 0.1) is 0 Å². The van der Waals surface area contributed by atoms with Crippen molar-refractivity contribution in [2.45, 2.75) is 18.4 Å². The summed E-state index contributed by atoms with van der Waals surface area (Å²) < 4.78 is 11.2. The smallest absolute Gasteiger partial charge is 0.391 e. The molecule has 0 amide bonds. The van der Waals surface area contributed by atoms with Gasteiger partial charge in [-0.2, -0.15) is 0 Å². The highest BCUT2D eigenvalue weighted by atomic mass is 35.5. The van der Waals surface area contributed by atoms with Crippen LogP contribution >= 0.6 is 20.2 Å². The number of β-amino-alcohol motifs (C(OH)–C–C–N with tert-alkyl or cyclic N) is 1. The summed E-state index contributed by atoms with van der Waals surface area (Å²) >= 11 is 6.28. The molecular weight excluding hydrogens is 445 g/mol. The lowest BCUT2D eigenvalue weighted by Gasteiger charge is -2.34. The SMILES string of the molecule is CN1CC[C@H](c2c(OP(O)O)cc(O)c3c(=O)cc(-c4ccccc4Cl)oc23)C(O)C1. The van der Waals surface area contributed by atoms with Crippen molar-refractivity contribution in [3.63, 3.8) is 0 Å². The number of piperidine rings is 1. The first kappa shape index (κ1) is 22.0. The Labute approximate surface area is 183 Å². The van der Waals surface area contributed by atoms with Crippen molar-refractivity contribution in [1.29, 1.82) is 0 Å². The van der Waals surface area contributed by atoms with Crippen molar-refractivity contribution in [3.8, 4) is 22.8 Å². The summed E-state index contributed by atoms with van der Waals surface area (Å²) in [6.45, 7) is 1.03. The van der Waals surface area contributed by atoms with Crippen LogP contribution in [0.1, 0.15) is 17.9 Å². The van der Waals surface area contributed by atoms with Crippen LogP contribution in [0.5, 0.6) is 11.5 Å². The van der Waals surface area contributed by atoms with Gasteiger partial charge in [0.05, 0.1) is 11.1 Å². The first-order valence-corrected chi connectivity index (χ1v) is 11.1. The zero-order valence-corrected chi connectivity index (χ0v) is 18.2. The minimum atomic E-state index is -2.81. The molecule has 0 saturated carbocycles. The van der Waals surface area contributed by atoms with Gasteiger partial charge in [-0.25, -0.2) is 0 Å². The average Bonchev–Trinajstić information content (AvgIpc) is 2.68. The number of likely N-dealkylation sites (tertiary alicyclic amines) is 1. The first-order valence-electron chi connectivity index (χ1n) is 9.57. The highest BCUT2D eigenvalue weighted by molar-refractivity contribution is 7.39. The predicted molar refractivity (Wildman–Crippen MR) is 117 cm³/mol. The quantitative estimate of drug-likeness (QED) is 0.433. The van der Waals surface area contributed by atoms with Crippen molar-refractivity contribution in [2.24, 2.45) is 0 Å². The molecule has 10 heteroatoms. The molecule has 0 radical (unpaired) electrons. The number of benzene rings is 2. The molecule has 2 atom stereocenters. The molecule has 31 heavy (non-hydrogen) atoms. The minimum Gasteiger partial charge on any atom is -0.507 e. The minimum absolute atomic E-state index is 0.0165. The molecule has 164 valence electrons. The van der Waals surface area contributed by atoms with Gasteiger partial charge in [-0.15, -0.1) is 0 Å². The molecule has 0 aliphatic carbocycles. The maximum atomic E-state index is 12.9. The fourth-order valence-electron chi connectivity index (χ4n) is 4.05. The molecule has 1 aromatic heterocycles. The highest BCUT2D eigenvalue weighted by Gasteiger charge is 2.34. The Balaban J connectivity index is 2.02. The standard InChI is InChI=1S/C21H21ClNO7P/c1-23-7-6-12(16(26)10-23)19-18(30-31(27)28)9-15(25)20-14(24)8-17(29-21(19)20)11-4-2-3-5-13(11)22/h2-5,8-9,12,16,25-28H,6-7,10H2,1H3/t12-,16?/m0/s1. The monoisotopic (exact) mass is 465 g/mol. The van der Waals surface area contributed by atoms with E-state index in [0.717, 1.165) is 6.07 Å². The number of rotatable bonds is 4. The second kappa shape index (κ2) is 8.74. The Morgan fingerprint density at radius 3 is 2.68 bits per heavy atom. The maximum absolute atomic E-state index is 12.9. The molecule has 4 N–H and O–H groups in total. The number of hydrogen-bond donors (Lipinski definition) is 4. The molecule has 1 aliphatic heterocycles. The molecule has 2 aromatic carbocycles. The number of aliphatic hydroxyl groups excluding tert-OH is 1. The lowest BCUT2D eigenvalue weighted by molar-refractivity contribution is 0.0633. The molecule has 8 nitrogen and oxygen atoms in total. The number of aromatic hydroxyl groups is 1. The van der Waals surface area contributed by atoms with Gasteiger partial charge < -0.3 is 33.8 Å². The molecule has 2 heterocycles. The summed E-state index contributed by atoms with van der Waals surface area (Å²) in [4.78, 5) is 33.8. The van der Waals surface area contributed by atoms with Gasteiger partial charge in [0.1, 0.15) is 28.2 Å². The van der Waals surface area contributed by atoms with Crippen molar-refractivity contribution in [1.82, 2.24) is 4.90 Å². The second-order valence-corrected chi connectivity index (χ2v) is 8.63. The topological polar surface area (TPSA) is 124 Å². The number of hydrogen-bond acceptors (Lipinski definition) is 8. The van der Waals surface area contributed by atoms with Crippen LogP contribution in [0.3, 0.4) is 0 Å². The van der Waals surface area contributed by atoms with E-state index in [1.165, 1.54) is 6.07 Å². The molecule has 0 bridgehead atoms. The van der Waals surface area contributed by atoms with Gasteiger partial charge >= 0.3 is 8.60 Å². The number of nitrogens with zero attached hydrogens (tertiary/aromatic N) is 1. The number of aliphatic hydroxyl groups is 1. The summed E-state index contributed by atoms with van der Waals surface area (Å²) in [6, 6.07) is 9.23. The van der Waals surface area contributed by atoms with Crippen molar-refractivity contribution >= 4 is 31.2 Å². The van der Waals surface area contributed by atoms with Gasteiger partial charge in [0, 0.05) is 35.7 Å². The summed E-state index contributed by atoms with van der Waals surface area (Å²) in [5, 5.41) is 21.6. The molecule has 1 saturated heterocycles. The van der Waals surface area contributed by atoms with Crippen LogP contribution in [0.15, 0.2) is 45.6 Å². The van der Waals surface area contributed by atoms with Gasteiger partial charge in [0.25, 0.3) is 0 Å². The Morgan fingerprint density at radius 2 is 2.00 bits per heavy atom. The second-order valence-electron chi connectivity index (χ2n) is 7.54. The number of phenolic OH excluding ortho intramolecular Hbond substituents is 1. The van der Waals surface area contributed by atoms with Crippen LogP contribution in [0.2, 0.25) is 5.02 Å². The van der Waals surface area contributed by atoms with Crippen LogP contribution in [-0.2, 0) is 0 Å². The summed E-state index contributed by atoms with van der Waals surface area (Å²) in [5.41, 5.74) is 0.299. The fraction of sp³-hybridized carbons (Fsp3) is 0.286. The van der Waals surface area contributed by atoms with Gasteiger partial charge in [-0.1, -0.05) is 23.7 Å². The van der Waals surface area contributed by atoms with Gasteiger partial charge in [-0.3, -0.25) is 4.79 Å². The Bertz CT molecular complexity index is 1180. The maximum Gasteiger partial charge on any atom is 0.391 e. The summed E-state index contributed by atoms with van der Waals surface area (Å²) in [5.74, 6) is -0.825. The third-order valence-electron chi connectivity index (χ3n) is 5.46. The Hall–Kier alpha value is -2.19. The van der Waals surface area contributed by atoms with Crippen LogP contribution in [0.25, 0.3) is 22.3 Å². The van der Waals surface area contributed by atoms with Gasteiger partial charge in [0.2, 0.25) is 0 Å². The summed E-state index contributed by atoms with van der Waals surface area (Å²) in [6.07, 6.45) is -0.324. The van der Waals surface area contributed by atoms with E-state index >= 15 is 0 Å². The molecule has 0 spiro atoms. The van der Waals surface area contributed by atoms with Crippen molar-refractivity contribution in [2.75, 3.05) is 20.1 Å². The van der Waals surface area contributed by atoms with Crippen LogP contribution < -0.4 is 9.95 Å². The van der Waals surface area contributed by atoms with Crippen molar-refractivity contribution in [3.05, 3.63) is 57.2 Å². The highest BCUT2D eigenvalue weighted by Crippen LogP contribution is 2.46. The molecule has 4 rings (SSSR count). The van der Waals surface area contributed by atoms with E-state index < -0.39 is 31.8 Å². The zero-order valence-electron chi connectivity index (χ0n) is 16.5. The Morgan fingerprint density at radius 1 is 1.26 bits per heavy atom. The van der Waals surface area contributed by atoms with E-state index in [-0.39, 0.29) is 22.5 Å². The largest absolute Gasteiger partial charge is 0.507 e. The number of fused-ring (bicyclic) bond motifs is 1. The summed E-state index contributed by atoms with van der Waals surface area (Å²) in [7, 11) is -0.936. The van der Waals surface area contributed by atoms with E-state index in [4.69, 9.17) is 20.5 Å². The Kier molecular flexibility index (Phi) is 6.21. The lowest BCUT2D eigenvalue weighted by Crippen LogP contribution is -2.40. The van der Waals surface area contributed by atoms with E-state index in [2.05, 4.69) is 0 Å². The predicted octanol–water partition coefficient (Wildman–Crippen LogP) is 3.19. The third kappa shape index (κ3) is 4.28. The van der Waals surface area contributed by atoms with E-state index in [1.54, 1.807) is 24.3 Å². The fourth-order valence-corrected chi connectivity index (χ4v) is 4.60. The molecule has 3 aromatic rings. The number of halogens is 1. The number of likely N-dealkylation sites (N-methyl/N-ethyl adjacent to an activating group) is 1. The van der Waals surface area contributed by atoms with E-state index in [0.29, 0.717) is 35.7 Å². The normalized spacial score (nSPS) is 19.8. The van der Waals surface area contributed by atoms with Crippen LogP contribution in [0.4, 0.5) is 0 Å². The van der Waals surface area contributed by atoms with Crippen molar-refractivity contribution < 1.29 is 28.9 Å². The number of phenols is 1.